The van der Waals surface area contributed by atoms with Crippen molar-refractivity contribution in [3.8, 4) is 0 Å². The molecule has 10 heterocycles. The summed E-state index contributed by atoms with van der Waals surface area (Å²) in [4.78, 5) is 2.77. The van der Waals surface area contributed by atoms with E-state index in [0.29, 0.717) is 10.5 Å². The molecule has 0 saturated carbocycles. The number of hydrogen-bond donors (Lipinski definition) is 0. The van der Waals surface area contributed by atoms with Crippen LogP contribution in [0.3, 0.4) is 0 Å². The molecule has 2 aliphatic rings. The van der Waals surface area contributed by atoms with Crippen molar-refractivity contribution >= 4 is 306 Å². The van der Waals surface area contributed by atoms with E-state index in [-0.39, 0.29) is 0 Å². The molecular weight excluding hydrogens is 1620 g/mol. The molecule has 30 rings (SSSR count). The Morgan fingerprint density at radius 1 is 0.185 bits per heavy atom. The fourth-order valence-electron chi connectivity index (χ4n) is 24.1. The highest BCUT2D eigenvalue weighted by atomic mass is 32.2. The summed E-state index contributed by atoms with van der Waals surface area (Å²) in [7, 11) is 17.8. The van der Waals surface area contributed by atoms with Gasteiger partial charge in [0, 0.05) is 250 Å². The second-order valence-electron chi connectivity index (χ2n) is 37.0. The Balaban J connectivity index is 0.000000129. The third-order valence-electron chi connectivity index (χ3n) is 30.5. The van der Waals surface area contributed by atoms with Crippen LogP contribution in [0.1, 0.15) is 22.3 Å². The number of hydrogen-bond acceptors (Lipinski definition) is 2. The van der Waals surface area contributed by atoms with Gasteiger partial charge in [-0.25, -0.2) is 0 Å². The molecule has 0 bridgehead atoms. The van der Waals surface area contributed by atoms with Gasteiger partial charge in [0.15, 0.2) is 0 Å². The maximum atomic E-state index is 2.56. The number of thioether (sulfide) groups is 2. The zero-order valence-corrected chi connectivity index (χ0v) is 74.5. The van der Waals surface area contributed by atoms with Crippen molar-refractivity contribution in [3.05, 3.63) is 350 Å². The molecule has 0 N–H and O–H groups in total. The summed E-state index contributed by atoms with van der Waals surface area (Å²) < 4.78 is 19.2. The van der Waals surface area contributed by atoms with Gasteiger partial charge in [-0.3, -0.25) is 0 Å². The fourth-order valence-corrected chi connectivity index (χ4v) is 27.1. The quantitative estimate of drug-likeness (QED) is 0.165. The van der Waals surface area contributed by atoms with Gasteiger partial charge >= 0.3 is 0 Å². The molecule has 2 aliphatic heterocycles. The molecule has 2 atom stereocenters. The molecule has 0 radical (unpaired) electrons. The summed E-state index contributed by atoms with van der Waals surface area (Å²) in [6.45, 7) is 0. The van der Waals surface area contributed by atoms with Crippen LogP contribution in [0.15, 0.2) is 328 Å². The minimum absolute atomic E-state index is 0.386. The third-order valence-corrected chi connectivity index (χ3v) is 33.3. The summed E-state index contributed by atoms with van der Waals surface area (Å²) in [5.41, 5.74) is 25.5. The van der Waals surface area contributed by atoms with E-state index in [9.17, 15) is 0 Å². The van der Waals surface area contributed by atoms with E-state index in [1.165, 1.54) is 293 Å². The minimum atomic E-state index is 0.386. The van der Waals surface area contributed by atoms with Crippen LogP contribution in [0.5, 0.6) is 0 Å². The smallest absolute Gasteiger partial charge is 0.0568 e. The van der Waals surface area contributed by atoms with Crippen molar-refractivity contribution in [2.24, 2.45) is 56.4 Å². The van der Waals surface area contributed by atoms with E-state index in [4.69, 9.17) is 0 Å². The zero-order valence-electron chi connectivity index (χ0n) is 72.9. The minimum Gasteiger partial charge on any atom is -0.344 e. The van der Waals surface area contributed by atoms with Crippen molar-refractivity contribution in [1.82, 2.24) is 36.5 Å². The van der Waals surface area contributed by atoms with E-state index < -0.39 is 0 Å². The van der Waals surface area contributed by atoms with Crippen LogP contribution >= 0.6 is 23.5 Å². The van der Waals surface area contributed by atoms with Crippen molar-refractivity contribution < 1.29 is 0 Å². The van der Waals surface area contributed by atoms with Crippen LogP contribution in [-0.2, 0) is 56.4 Å². The van der Waals surface area contributed by atoms with Crippen molar-refractivity contribution in [2.75, 3.05) is 0 Å². The zero-order chi connectivity index (χ0) is 86.0. The van der Waals surface area contributed by atoms with Gasteiger partial charge < -0.3 is 36.5 Å². The van der Waals surface area contributed by atoms with Crippen molar-refractivity contribution in [3.63, 3.8) is 0 Å². The second-order valence-corrected chi connectivity index (χ2v) is 39.5. The Morgan fingerprint density at radius 3 is 0.908 bits per heavy atom. The van der Waals surface area contributed by atoms with Gasteiger partial charge in [0.25, 0.3) is 0 Å². The lowest BCUT2D eigenvalue weighted by atomic mass is 9.99. The summed E-state index contributed by atoms with van der Waals surface area (Å²) in [5, 5.41) is 42.2. The lowest BCUT2D eigenvalue weighted by Gasteiger charge is -2.11. The van der Waals surface area contributed by atoms with Crippen LogP contribution in [0.25, 0.3) is 283 Å². The molecule has 0 spiro atoms. The Labute approximate surface area is 753 Å². The summed E-state index contributed by atoms with van der Waals surface area (Å²) in [5.74, 6) is 0. The molecule has 0 fully saturated rings. The maximum Gasteiger partial charge on any atom is 0.0568 e. The SMILES string of the molecule is Cn1c2cc3c4ccc5cc(C6=CC7SC(c8cc9c%10cc%11c(cc%10n(C)c9c9ccccc89)c8ccc9ccccc9c8n%11C)=CC7S6)ccc5c4n(C)c3cc2c2ccc3ccccc3c21.Cn1c2cc3ccccc3cc2c2cc3c(cc21)c1cc2ccc(/C=C/c4ccc5c(ccc6c7cc8c(cc7n(C)c56)c5ccc6ccccc6c5n8C)c4)cc2cc1n3C. The lowest BCUT2D eigenvalue weighted by Crippen LogP contribution is -2.04. The molecule has 28 aromatic rings. The van der Waals surface area contributed by atoms with Crippen LogP contribution in [-0.4, -0.2) is 47.0 Å². The predicted molar refractivity (Wildman–Crippen MR) is 565 cm³/mol. The number of aryl methyl sites for hydroxylation is 8. The topological polar surface area (TPSA) is 39.4 Å². The molecule has 2 unspecified atom stereocenters. The number of rotatable bonds is 4. The number of nitrogens with zero attached hydrogens (tertiary/aromatic N) is 8. The molecule has 614 valence electrons. The molecule has 0 amide bonds. The first-order valence-corrected chi connectivity index (χ1v) is 46.9. The standard InChI is InChI=1S/C62H42N4S2.C58H40N4/c1-63-51-28-46-44-24-19-35-25-36(20-21-39(35)61(44)65(3)52(46)27-45(51)42-22-17-33-11-5-7-13-37(33)59(42)63)55-31-57-58(67-55)32-56(68-57)49-26-50-48-30-53-47(29-54(48)66(4)62(50)41-16-10-9-15-40(41)49)43-23-18-34-12-6-8-14-38(34)60(43)64(53)2;1-59-51-27-37-11-6-5-10-36(37)25-45(51)49-31-54-50(32-53(49)59)46-26-38-17-15-33(24-40(38)28-52(46)60(54)2)13-14-34-16-20-42-39(23-34)19-22-44-48-30-55-47(29-56(48)62(4)58(42)44)43-21-18-35-9-7-8-12-41(35)57(43)61(55)3/h5-32,57-58H,1-4H3;5-32H,1-4H3/b;14-13+. The van der Waals surface area contributed by atoms with Gasteiger partial charge in [-0.1, -0.05) is 243 Å². The molecule has 10 heteroatoms. The molecule has 130 heavy (non-hydrogen) atoms. The lowest BCUT2D eigenvalue weighted by molar-refractivity contribution is 1.01. The average molecular weight is 1700 g/mol. The highest BCUT2D eigenvalue weighted by molar-refractivity contribution is 8.14. The predicted octanol–water partition coefficient (Wildman–Crippen LogP) is 31.5. The summed E-state index contributed by atoms with van der Waals surface area (Å²) in [6.07, 6.45) is 9.61. The summed E-state index contributed by atoms with van der Waals surface area (Å²) in [6, 6.07) is 119. The van der Waals surface area contributed by atoms with Gasteiger partial charge in [-0.15, -0.1) is 23.5 Å². The van der Waals surface area contributed by atoms with Crippen molar-refractivity contribution in [1.29, 1.82) is 0 Å². The normalized spacial score (nSPS) is 14.8. The third kappa shape index (κ3) is 9.93. The van der Waals surface area contributed by atoms with Crippen LogP contribution in [0, 0.1) is 0 Å². The van der Waals surface area contributed by atoms with Crippen molar-refractivity contribution in [2.45, 2.75) is 10.5 Å². The first-order valence-electron chi connectivity index (χ1n) is 45.2. The molecule has 8 nitrogen and oxygen atoms in total. The van der Waals surface area contributed by atoms with Crippen LogP contribution < -0.4 is 0 Å². The highest BCUT2D eigenvalue weighted by Gasteiger charge is 2.36. The molecule has 20 aromatic carbocycles. The first-order chi connectivity index (χ1) is 63.7. The highest BCUT2D eigenvalue weighted by Crippen LogP contribution is 2.56. The Morgan fingerprint density at radius 2 is 0.454 bits per heavy atom. The van der Waals surface area contributed by atoms with Crippen LogP contribution in [0.2, 0.25) is 0 Å². The Hall–Kier alpha value is -15.2. The fraction of sp³-hybridized carbons (Fsp3) is 0.0833. The Bertz CT molecular complexity index is 10300. The maximum absolute atomic E-state index is 2.56. The van der Waals surface area contributed by atoms with Gasteiger partial charge in [0.1, 0.15) is 0 Å². The number of aromatic nitrogens is 8. The van der Waals surface area contributed by atoms with Gasteiger partial charge in [-0.05, 0) is 173 Å². The van der Waals surface area contributed by atoms with Gasteiger partial charge in [-0.2, -0.15) is 0 Å². The van der Waals surface area contributed by atoms with Gasteiger partial charge in [0.05, 0.1) is 33.1 Å². The molecule has 8 aromatic heterocycles. The molecule has 0 saturated heterocycles. The molecule has 0 aliphatic carbocycles. The van der Waals surface area contributed by atoms with E-state index in [1.807, 2.05) is 23.5 Å². The van der Waals surface area contributed by atoms with E-state index in [0.717, 1.165) is 0 Å². The average Bonchev–Trinajstić information content (AvgIpc) is 1.56. The Kier molecular flexibility index (Phi) is 14.7. The number of benzene rings is 20. The largest absolute Gasteiger partial charge is 0.344 e. The monoisotopic (exact) mass is 1700 g/mol. The van der Waals surface area contributed by atoms with Gasteiger partial charge in [0.2, 0.25) is 0 Å². The van der Waals surface area contributed by atoms with Crippen LogP contribution in [0.4, 0.5) is 0 Å². The second kappa shape index (κ2) is 26.3. The first kappa shape index (κ1) is 72.9. The van der Waals surface area contributed by atoms with E-state index >= 15 is 0 Å². The number of fused-ring (bicyclic) bond motifs is 39. The summed E-state index contributed by atoms with van der Waals surface area (Å²) >= 11 is 4.07. The van der Waals surface area contributed by atoms with E-state index in [2.05, 4.69) is 433 Å². The molecular formula is C120H82N8S2. The van der Waals surface area contributed by atoms with E-state index in [1.54, 1.807) is 0 Å².